The van der Waals surface area contributed by atoms with Crippen molar-refractivity contribution >= 4 is 27.3 Å². The molecule has 0 unspecified atom stereocenters. The molecule has 0 spiro atoms. The predicted molar refractivity (Wildman–Crippen MR) is 63.5 cm³/mol. The number of benzene rings is 1. The second-order valence-corrected chi connectivity index (χ2v) is 5.33. The quantitative estimate of drug-likeness (QED) is 0.929. The van der Waals surface area contributed by atoms with Crippen LogP contribution in [0.15, 0.2) is 40.1 Å². The average Bonchev–Trinajstić information content (AvgIpc) is 2.80. The van der Waals surface area contributed by atoms with Crippen molar-refractivity contribution in [1.82, 2.24) is 5.16 Å². The van der Waals surface area contributed by atoms with Crippen LogP contribution in [-0.2, 0) is 10.0 Å². The Bertz CT molecular complexity index is 704. The van der Waals surface area contributed by atoms with Gasteiger partial charge in [-0.15, -0.1) is 0 Å². The maximum absolute atomic E-state index is 12.0. The van der Waals surface area contributed by atoms with Crippen LogP contribution in [0.5, 0.6) is 0 Å². The van der Waals surface area contributed by atoms with Crippen molar-refractivity contribution < 1.29 is 12.9 Å². The highest BCUT2D eigenvalue weighted by Gasteiger charge is 2.19. The minimum Gasteiger partial charge on any atom is -0.362 e. The highest BCUT2D eigenvalue weighted by atomic mass is 35.5. The van der Waals surface area contributed by atoms with Crippen molar-refractivity contribution in [2.75, 3.05) is 4.72 Å². The summed E-state index contributed by atoms with van der Waals surface area (Å²) >= 11 is 5.82. The lowest BCUT2D eigenvalue weighted by atomic mass is 10.2. The van der Waals surface area contributed by atoms with Crippen LogP contribution < -0.4 is 4.72 Å². The molecule has 0 atom stereocenters. The summed E-state index contributed by atoms with van der Waals surface area (Å²) in [5.41, 5.74) is 0.472. The van der Waals surface area contributed by atoms with Gasteiger partial charge in [0.25, 0.3) is 10.0 Å². The Hall–Kier alpha value is -2.04. The number of aromatic nitrogens is 1. The van der Waals surface area contributed by atoms with Crippen LogP contribution in [0.1, 0.15) is 5.56 Å². The van der Waals surface area contributed by atoms with Crippen LogP contribution in [0, 0.1) is 11.3 Å². The summed E-state index contributed by atoms with van der Waals surface area (Å²) in [4.78, 5) is -0.121. The molecule has 18 heavy (non-hydrogen) atoms. The number of rotatable bonds is 3. The number of nitrogens with one attached hydrogen (secondary N) is 1. The van der Waals surface area contributed by atoms with E-state index < -0.39 is 10.0 Å². The Morgan fingerprint density at radius 3 is 2.78 bits per heavy atom. The first-order valence-corrected chi connectivity index (χ1v) is 6.51. The SMILES string of the molecule is N#Cc1ccc(S(=O)(=O)Nc2cnoc2)c(Cl)c1. The van der Waals surface area contributed by atoms with Crippen LogP contribution >= 0.6 is 11.6 Å². The molecule has 8 heteroatoms. The molecule has 1 aromatic heterocycles. The van der Waals surface area contributed by atoms with Crippen LogP contribution in [-0.4, -0.2) is 13.6 Å². The molecular formula is C10H6ClN3O3S. The van der Waals surface area contributed by atoms with Crippen LogP contribution in [0.25, 0.3) is 0 Å². The lowest BCUT2D eigenvalue weighted by molar-refractivity contribution is 0.420. The third-order valence-corrected chi connectivity index (χ3v) is 3.90. The molecule has 92 valence electrons. The fourth-order valence-corrected chi connectivity index (χ4v) is 2.82. The van der Waals surface area contributed by atoms with Gasteiger partial charge in [-0.25, -0.2) is 8.42 Å². The second-order valence-electron chi connectivity index (χ2n) is 3.28. The molecule has 1 N–H and O–H groups in total. The largest absolute Gasteiger partial charge is 0.362 e. The van der Waals surface area contributed by atoms with Crippen LogP contribution in [0.2, 0.25) is 5.02 Å². The Balaban J connectivity index is 2.39. The molecule has 0 aliphatic carbocycles. The molecule has 1 heterocycles. The van der Waals surface area contributed by atoms with E-state index >= 15 is 0 Å². The normalized spacial score (nSPS) is 10.9. The van der Waals surface area contributed by atoms with E-state index in [1.54, 1.807) is 0 Å². The Kier molecular flexibility index (Phi) is 3.23. The first-order valence-electron chi connectivity index (χ1n) is 4.65. The Morgan fingerprint density at radius 1 is 1.44 bits per heavy atom. The lowest BCUT2D eigenvalue weighted by Gasteiger charge is -2.07. The molecule has 2 aromatic rings. The van der Waals surface area contributed by atoms with Gasteiger partial charge < -0.3 is 4.52 Å². The third kappa shape index (κ3) is 2.45. The van der Waals surface area contributed by atoms with Crippen molar-refractivity contribution in [3.63, 3.8) is 0 Å². The van der Waals surface area contributed by atoms with Gasteiger partial charge in [0, 0.05) is 0 Å². The summed E-state index contributed by atoms with van der Waals surface area (Å²) in [7, 11) is -3.83. The molecule has 1 aromatic carbocycles. The van der Waals surface area contributed by atoms with E-state index in [1.165, 1.54) is 24.4 Å². The zero-order chi connectivity index (χ0) is 13.2. The number of hydrogen-bond donors (Lipinski definition) is 1. The summed E-state index contributed by atoms with van der Waals surface area (Å²) in [6, 6.07) is 5.78. The van der Waals surface area contributed by atoms with E-state index in [1.807, 2.05) is 6.07 Å². The zero-order valence-corrected chi connectivity index (χ0v) is 10.4. The number of anilines is 1. The van der Waals surface area contributed by atoms with E-state index in [0.29, 0.717) is 0 Å². The maximum atomic E-state index is 12.0. The van der Waals surface area contributed by atoms with Gasteiger partial charge in [0.1, 0.15) is 16.8 Å². The first kappa shape index (κ1) is 12.4. The standard InChI is InChI=1S/C10H6ClN3O3S/c11-9-3-7(4-12)1-2-10(9)18(15,16)14-8-5-13-17-6-8/h1-3,5-6,14H. The summed E-state index contributed by atoms with van der Waals surface area (Å²) in [6.45, 7) is 0. The first-order chi connectivity index (χ1) is 8.53. The fourth-order valence-electron chi connectivity index (χ4n) is 1.25. The molecule has 0 aliphatic heterocycles. The average molecular weight is 284 g/mol. The molecule has 0 amide bonds. The predicted octanol–water partition coefficient (Wildman–Crippen LogP) is 2.00. The van der Waals surface area contributed by atoms with E-state index in [2.05, 4.69) is 14.4 Å². The summed E-state index contributed by atoms with van der Waals surface area (Å²) in [5.74, 6) is 0. The van der Waals surface area contributed by atoms with Gasteiger partial charge in [-0.1, -0.05) is 16.8 Å². The van der Waals surface area contributed by atoms with Gasteiger partial charge in [0.05, 0.1) is 22.9 Å². The van der Waals surface area contributed by atoms with Crippen LogP contribution in [0.3, 0.4) is 0 Å². The third-order valence-electron chi connectivity index (χ3n) is 2.04. The second kappa shape index (κ2) is 4.68. The topological polar surface area (TPSA) is 96.0 Å². The summed E-state index contributed by atoms with van der Waals surface area (Å²) < 4.78 is 30.7. The molecule has 2 rings (SSSR count). The molecule has 0 saturated heterocycles. The van der Waals surface area contributed by atoms with Crippen LogP contribution in [0.4, 0.5) is 5.69 Å². The van der Waals surface area contributed by atoms with Crippen molar-refractivity contribution in [3.05, 3.63) is 41.2 Å². The minimum absolute atomic E-state index is 0.0296. The summed E-state index contributed by atoms with van der Waals surface area (Å²) in [5, 5.41) is 12.0. The van der Waals surface area contributed by atoms with E-state index in [0.717, 1.165) is 6.26 Å². The lowest BCUT2D eigenvalue weighted by Crippen LogP contribution is -2.13. The number of hydrogen-bond acceptors (Lipinski definition) is 5. The van der Waals surface area contributed by atoms with Crippen molar-refractivity contribution in [2.24, 2.45) is 0 Å². The number of nitrogens with zero attached hydrogens (tertiary/aromatic N) is 2. The van der Waals surface area contributed by atoms with Crippen molar-refractivity contribution in [1.29, 1.82) is 5.26 Å². The highest BCUT2D eigenvalue weighted by Crippen LogP contribution is 2.24. The van der Waals surface area contributed by atoms with Gasteiger partial charge in [-0.05, 0) is 18.2 Å². The van der Waals surface area contributed by atoms with E-state index in [9.17, 15) is 8.42 Å². The van der Waals surface area contributed by atoms with E-state index in [4.69, 9.17) is 16.9 Å². The van der Waals surface area contributed by atoms with E-state index in [-0.39, 0.29) is 21.2 Å². The molecule has 0 fully saturated rings. The van der Waals surface area contributed by atoms with Gasteiger partial charge in [-0.3, -0.25) is 4.72 Å². The molecule has 0 aliphatic rings. The molecule has 0 saturated carbocycles. The molecular weight excluding hydrogens is 278 g/mol. The van der Waals surface area contributed by atoms with Gasteiger partial charge in [0.2, 0.25) is 0 Å². The number of sulfonamides is 1. The fraction of sp³-hybridized carbons (Fsp3) is 0. The summed E-state index contributed by atoms with van der Waals surface area (Å²) in [6.07, 6.45) is 2.37. The van der Waals surface area contributed by atoms with Gasteiger partial charge >= 0.3 is 0 Å². The zero-order valence-electron chi connectivity index (χ0n) is 8.79. The Morgan fingerprint density at radius 2 is 2.22 bits per heavy atom. The maximum Gasteiger partial charge on any atom is 0.263 e. The monoisotopic (exact) mass is 283 g/mol. The highest BCUT2D eigenvalue weighted by molar-refractivity contribution is 7.92. The molecule has 0 radical (unpaired) electrons. The smallest absolute Gasteiger partial charge is 0.263 e. The van der Waals surface area contributed by atoms with Crippen molar-refractivity contribution in [3.8, 4) is 6.07 Å². The minimum atomic E-state index is -3.83. The Labute approximate surface area is 108 Å². The molecule has 0 bridgehead atoms. The van der Waals surface area contributed by atoms with Crippen molar-refractivity contribution in [2.45, 2.75) is 4.90 Å². The van der Waals surface area contributed by atoms with Gasteiger partial charge in [0.15, 0.2) is 0 Å². The molecule has 6 nitrogen and oxygen atoms in total. The number of halogens is 1. The number of nitriles is 1. The van der Waals surface area contributed by atoms with Gasteiger partial charge in [-0.2, -0.15) is 5.26 Å².